The molecule has 0 saturated carbocycles. The van der Waals surface area contributed by atoms with Gasteiger partial charge in [-0.2, -0.15) is 13.2 Å². The van der Waals surface area contributed by atoms with Crippen LogP contribution in [0.2, 0.25) is 0 Å². The van der Waals surface area contributed by atoms with Crippen molar-refractivity contribution in [3.05, 3.63) is 22.2 Å². The van der Waals surface area contributed by atoms with E-state index in [2.05, 4.69) is 9.82 Å². The van der Waals surface area contributed by atoms with Gasteiger partial charge in [-0.3, -0.25) is 9.63 Å². The van der Waals surface area contributed by atoms with Gasteiger partial charge >= 0.3 is 6.18 Å². The van der Waals surface area contributed by atoms with Gasteiger partial charge in [-0.1, -0.05) is 0 Å². The molecule has 1 amide bonds. The van der Waals surface area contributed by atoms with Crippen molar-refractivity contribution >= 4 is 23.3 Å². The van der Waals surface area contributed by atoms with Crippen molar-refractivity contribution in [2.75, 3.05) is 6.61 Å². The van der Waals surface area contributed by atoms with E-state index < -0.39 is 18.7 Å². The van der Waals surface area contributed by atoms with Crippen LogP contribution in [0.25, 0.3) is 6.08 Å². The number of aromatic nitrogens is 1. The lowest BCUT2D eigenvalue weighted by atomic mass is 10.4. The second-order valence-electron chi connectivity index (χ2n) is 2.99. The molecular formula is C9H9F3N2O2S. The van der Waals surface area contributed by atoms with E-state index >= 15 is 0 Å². The third-order valence-corrected chi connectivity index (χ3v) is 2.24. The molecule has 0 fully saturated rings. The number of thiazole rings is 1. The minimum Gasteiger partial charge on any atom is -0.268 e. The van der Waals surface area contributed by atoms with Gasteiger partial charge in [0, 0.05) is 11.5 Å². The van der Waals surface area contributed by atoms with Crippen LogP contribution in [0.5, 0.6) is 0 Å². The Balaban J connectivity index is 2.32. The number of halogens is 3. The lowest BCUT2D eigenvalue weighted by Crippen LogP contribution is -2.28. The zero-order valence-electron chi connectivity index (χ0n) is 8.75. The summed E-state index contributed by atoms with van der Waals surface area (Å²) in [6.07, 6.45) is -2.04. The third kappa shape index (κ3) is 6.03. The van der Waals surface area contributed by atoms with Gasteiger partial charge in [-0.05, 0) is 13.0 Å². The molecule has 4 nitrogen and oxygen atoms in total. The third-order valence-electron chi connectivity index (χ3n) is 1.45. The Kier molecular flexibility index (Phi) is 4.64. The summed E-state index contributed by atoms with van der Waals surface area (Å²) in [6.45, 7) is 0.275. The minimum absolute atomic E-state index is 0.568. The van der Waals surface area contributed by atoms with Gasteiger partial charge in [-0.15, -0.1) is 11.3 Å². The van der Waals surface area contributed by atoms with Gasteiger partial charge in [0.25, 0.3) is 5.91 Å². The molecule has 0 unspecified atom stereocenters. The minimum atomic E-state index is -4.47. The number of amides is 1. The van der Waals surface area contributed by atoms with Crippen LogP contribution in [0.1, 0.15) is 10.7 Å². The second kappa shape index (κ2) is 5.78. The van der Waals surface area contributed by atoms with Gasteiger partial charge in [0.15, 0.2) is 6.61 Å². The van der Waals surface area contributed by atoms with Gasteiger partial charge in [0.05, 0.1) is 10.7 Å². The molecule has 1 heterocycles. The van der Waals surface area contributed by atoms with E-state index in [1.54, 1.807) is 17.8 Å². The Morgan fingerprint density at radius 2 is 2.35 bits per heavy atom. The van der Waals surface area contributed by atoms with E-state index in [0.29, 0.717) is 5.69 Å². The van der Waals surface area contributed by atoms with E-state index in [-0.39, 0.29) is 0 Å². The van der Waals surface area contributed by atoms with Crippen molar-refractivity contribution in [1.82, 2.24) is 10.5 Å². The molecule has 1 aromatic heterocycles. The lowest BCUT2D eigenvalue weighted by Gasteiger charge is -2.06. The summed E-state index contributed by atoms with van der Waals surface area (Å²) >= 11 is 1.40. The van der Waals surface area contributed by atoms with Crippen molar-refractivity contribution < 1.29 is 22.8 Å². The maximum absolute atomic E-state index is 11.7. The molecule has 94 valence electrons. The summed E-state index contributed by atoms with van der Waals surface area (Å²) in [5.74, 6) is -0.778. The van der Waals surface area contributed by atoms with Crippen LogP contribution >= 0.6 is 11.3 Å². The molecule has 1 rings (SSSR count). The summed E-state index contributed by atoms with van der Waals surface area (Å²) in [5.41, 5.74) is 2.21. The fraction of sp³-hybridized carbons (Fsp3) is 0.333. The maximum Gasteiger partial charge on any atom is 0.414 e. The molecule has 0 aromatic carbocycles. The summed E-state index contributed by atoms with van der Waals surface area (Å²) in [6, 6.07) is 0. The Labute approximate surface area is 99.1 Å². The molecule has 0 aliphatic rings. The highest BCUT2D eigenvalue weighted by Crippen LogP contribution is 2.13. The number of nitrogens with zero attached hydrogens (tertiary/aromatic N) is 1. The maximum atomic E-state index is 11.7. The zero-order chi connectivity index (χ0) is 12.9. The number of hydrogen-bond donors (Lipinski definition) is 1. The number of rotatable bonds is 4. The van der Waals surface area contributed by atoms with Gasteiger partial charge < -0.3 is 0 Å². The van der Waals surface area contributed by atoms with Crippen LogP contribution in [0.4, 0.5) is 13.2 Å². The predicted octanol–water partition coefficient (Wildman–Crippen LogP) is 2.07. The Morgan fingerprint density at radius 1 is 1.65 bits per heavy atom. The van der Waals surface area contributed by atoms with E-state index in [0.717, 1.165) is 11.1 Å². The lowest BCUT2D eigenvalue weighted by molar-refractivity contribution is -0.190. The van der Waals surface area contributed by atoms with Gasteiger partial charge in [0.1, 0.15) is 0 Å². The van der Waals surface area contributed by atoms with Crippen LogP contribution in [0.3, 0.4) is 0 Å². The highest BCUT2D eigenvalue weighted by molar-refractivity contribution is 7.09. The molecular weight excluding hydrogens is 257 g/mol. The van der Waals surface area contributed by atoms with Crippen molar-refractivity contribution in [3.63, 3.8) is 0 Å². The smallest absolute Gasteiger partial charge is 0.268 e. The van der Waals surface area contributed by atoms with Crippen molar-refractivity contribution in [2.24, 2.45) is 0 Å². The van der Waals surface area contributed by atoms with Crippen LogP contribution in [-0.2, 0) is 9.63 Å². The number of nitrogens with one attached hydrogen (secondary N) is 1. The quantitative estimate of drug-likeness (QED) is 0.670. The normalized spacial score (nSPS) is 12.0. The first-order valence-electron chi connectivity index (χ1n) is 4.45. The topological polar surface area (TPSA) is 51.2 Å². The fourth-order valence-electron chi connectivity index (χ4n) is 0.841. The van der Waals surface area contributed by atoms with Gasteiger partial charge in [-0.25, -0.2) is 10.5 Å². The first kappa shape index (κ1) is 13.7. The number of aryl methyl sites for hydroxylation is 1. The standard InChI is InChI=1S/C9H9F3N2O2S/c1-6-13-7(4-17-6)2-3-8(15)14-16-5-9(10,11)12/h2-4H,5H2,1H3,(H,14,15)/b3-2+. The fourth-order valence-corrected chi connectivity index (χ4v) is 1.42. The highest BCUT2D eigenvalue weighted by Gasteiger charge is 2.28. The number of carbonyl (C=O) groups excluding carboxylic acids is 1. The van der Waals surface area contributed by atoms with Crippen molar-refractivity contribution in [3.8, 4) is 0 Å². The number of hydrogen-bond acceptors (Lipinski definition) is 4. The van der Waals surface area contributed by atoms with E-state index in [9.17, 15) is 18.0 Å². The SMILES string of the molecule is Cc1nc(/C=C/C(=O)NOCC(F)(F)F)cs1. The van der Waals surface area contributed by atoms with E-state index in [4.69, 9.17) is 0 Å². The predicted molar refractivity (Wildman–Crippen MR) is 56.0 cm³/mol. The molecule has 0 atom stereocenters. The average Bonchev–Trinajstić information content (AvgIpc) is 2.59. The monoisotopic (exact) mass is 266 g/mol. The molecule has 0 aliphatic heterocycles. The Morgan fingerprint density at radius 3 is 2.88 bits per heavy atom. The summed E-state index contributed by atoms with van der Waals surface area (Å²) in [7, 11) is 0. The number of alkyl halides is 3. The van der Waals surface area contributed by atoms with Crippen LogP contribution in [0.15, 0.2) is 11.5 Å². The first-order chi connectivity index (χ1) is 7.87. The number of hydroxylamine groups is 1. The first-order valence-corrected chi connectivity index (χ1v) is 5.33. The molecule has 0 radical (unpaired) electrons. The van der Waals surface area contributed by atoms with Crippen molar-refractivity contribution in [2.45, 2.75) is 13.1 Å². The average molecular weight is 266 g/mol. The Hall–Kier alpha value is -1.41. The largest absolute Gasteiger partial charge is 0.414 e. The van der Waals surface area contributed by atoms with Gasteiger partial charge in [0.2, 0.25) is 0 Å². The molecule has 17 heavy (non-hydrogen) atoms. The molecule has 0 aliphatic carbocycles. The molecule has 0 bridgehead atoms. The molecule has 1 N–H and O–H groups in total. The zero-order valence-corrected chi connectivity index (χ0v) is 9.56. The van der Waals surface area contributed by atoms with Crippen LogP contribution < -0.4 is 5.48 Å². The second-order valence-corrected chi connectivity index (χ2v) is 4.06. The molecule has 0 saturated heterocycles. The Bertz CT molecular complexity index is 415. The molecule has 8 heteroatoms. The molecule has 0 spiro atoms. The van der Waals surface area contributed by atoms with E-state index in [1.165, 1.54) is 17.4 Å². The van der Waals surface area contributed by atoms with Crippen LogP contribution in [-0.4, -0.2) is 23.7 Å². The molecule has 1 aromatic rings. The van der Waals surface area contributed by atoms with Crippen LogP contribution in [0, 0.1) is 6.92 Å². The highest BCUT2D eigenvalue weighted by atomic mass is 32.1. The summed E-state index contributed by atoms with van der Waals surface area (Å²) in [5, 5.41) is 2.55. The summed E-state index contributed by atoms with van der Waals surface area (Å²) in [4.78, 5) is 19.0. The summed E-state index contributed by atoms with van der Waals surface area (Å²) < 4.78 is 35.0. The number of carbonyl (C=O) groups is 1. The van der Waals surface area contributed by atoms with E-state index in [1.807, 2.05) is 0 Å². The van der Waals surface area contributed by atoms with Crippen molar-refractivity contribution in [1.29, 1.82) is 0 Å².